The van der Waals surface area contributed by atoms with E-state index in [4.69, 9.17) is 0 Å². The Morgan fingerprint density at radius 1 is 0.952 bits per heavy atom. The van der Waals surface area contributed by atoms with Gasteiger partial charge in [0.25, 0.3) is 0 Å². The summed E-state index contributed by atoms with van der Waals surface area (Å²) in [4.78, 5) is 1.38. The van der Waals surface area contributed by atoms with Crippen molar-refractivity contribution in [1.29, 1.82) is 10.5 Å². The summed E-state index contributed by atoms with van der Waals surface area (Å²) in [6.45, 7) is 2.03. The van der Waals surface area contributed by atoms with E-state index >= 15 is 0 Å². The lowest BCUT2D eigenvalue weighted by Crippen LogP contribution is -1.98. The summed E-state index contributed by atoms with van der Waals surface area (Å²) in [6.07, 6.45) is 0.866. The molecule has 3 heteroatoms. The molecular weight excluding hydrogens is 276 g/mol. The highest BCUT2D eigenvalue weighted by molar-refractivity contribution is 8.16. The molecule has 0 radical (unpaired) electrons. The van der Waals surface area contributed by atoms with Gasteiger partial charge in [-0.2, -0.15) is 10.5 Å². The number of hydrogen-bond donors (Lipinski definition) is 0. The molecule has 2 rings (SSSR count). The van der Waals surface area contributed by atoms with Crippen LogP contribution in [0.2, 0.25) is 0 Å². The monoisotopic (exact) mass is 292 g/mol. The molecule has 21 heavy (non-hydrogen) atoms. The van der Waals surface area contributed by atoms with E-state index in [1.165, 1.54) is 11.1 Å². The normalized spacial score (nSPS) is 11.2. The summed E-state index contributed by atoms with van der Waals surface area (Å²) in [5, 5.41) is 18.4. The van der Waals surface area contributed by atoms with Gasteiger partial charge in [0.2, 0.25) is 0 Å². The average molecular weight is 292 g/mol. The van der Waals surface area contributed by atoms with Gasteiger partial charge in [-0.25, -0.2) is 0 Å². The lowest BCUT2D eigenvalue weighted by Gasteiger charge is -2.10. The molecular formula is C18H16N2S. The summed E-state index contributed by atoms with van der Waals surface area (Å²) in [6, 6.07) is 22.4. The second kappa shape index (κ2) is 7.43. The zero-order valence-corrected chi connectivity index (χ0v) is 12.7. The van der Waals surface area contributed by atoms with E-state index in [1.807, 2.05) is 49.4 Å². The molecule has 0 heterocycles. The molecule has 0 aromatic heterocycles. The van der Waals surface area contributed by atoms with Crippen LogP contribution in [0.25, 0.3) is 0 Å². The molecule has 1 atom stereocenters. The zero-order valence-electron chi connectivity index (χ0n) is 11.9. The Kier molecular flexibility index (Phi) is 5.32. The first-order chi connectivity index (χ1) is 10.2. The van der Waals surface area contributed by atoms with Crippen molar-refractivity contribution in [3.05, 3.63) is 65.7 Å². The number of benzene rings is 2. The molecule has 0 saturated heterocycles. The molecule has 0 saturated carbocycles. The minimum Gasteiger partial charge on any atom is -0.191 e. The van der Waals surface area contributed by atoms with Crippen molar-refractivity contribution in [3.8, 4) is 12.1 Å². The molecule has 2 aromatic carbocycles. The number of aryl methyl sites for hydroxylation is 2. The van der Waals surface area contributed by atoms with Crippen molar-refractivity contribution in [2.45, 2.75) is 18.2 Å². The van der Waals surface area contributed by atoms with Crippen LogP contribution in [-0.2, 0) is 6.42 Å². The molecule has 2 nitrogen and oxygen atoms in total. The SMILES string of the molecule is Cc1ccc(S(CCc2ccccc2)=C(C#N)C#N)cc1. The van der Waals surface area contributed by atoms with Gasteiger partial charge in [-0.3, -0.25) is 0 Å². The van der Waals surface area contributed by atoms with E-state index in [1.54, 1.807) is 0 Å². The molecule has 0 aliphatic heterocycles. The van der Waals surface area contributed by atoms with Crippen LogP contribution in [0.15, 0.2) is 59.5 Å². The van der Waals surface area contributed by atoms with Gasteiger partial charge in [0, 0.05) is 4.90 Å². The van der Waals surface area contributed by atoms with Crippen molar-refractivity contribution in [1.82, 2.24) is 0 Å². The second-order valence-corrected chi connectivity index (χ2v) is 6.77. The van der Waals surface area contributed by atoms with Gasteiger partial charge in [0.15, 0.2) is 4.86 Å². The van der Waals surface area contributed by atoms with Gasteiger partial charge in [-0.15, -0.1) is 10.5 Å². The predicted molar refractivity (Wildman–Crippen MR) is 88.3 cm³/mol. The van der Waals surface area contributed by atoms with Crippen LogP contribution in [0, 0.1) is 29.6 Å². The average Bonchev–Trinajstić information content (AvgIpc) is 2.53. The van der Waals surface area contributed by atoms with Crippen LogP contribution in [0.1, 0.15) is 11.1 Å². The quantitative estimate of drug-likeness (QED) is 0.797. The topological polar surface area (TPSA) is 47.6 Å². The summed E-state index contributed by atoms with van der Waals surface area (Å²) in [5.41, 5.74) is 2.41. The van der Waals surface area contributed by atoms with Gasteiger partial charge < -0.3 is 0 Å². The molecule has 2 aromatic rings. The predicted octanol–water partition coefficient (Wildman–Crippen LogP) is 4.09. The summed E-state index contributed by atoms with van der Waals surface area (Å²) < 4.78 is 0. The highest BCUT2D eigenvalue weighted by Gasteiger charge is 2.08. The van der Waals surface area contributed by atoms with Crippen molar-refractivity contribution >= 4 is 15.3 Å². The van der Waals surface area contributed by atoms with Crippen LogP contribution in [-0.4, -0.2) is 10.6 Å². The van der Waals surface area contributed by atoms with Crippen LogP contribution in [0.3, 0.4) is 0 Å². The van der Waals surface area contributed by atoms with E-state index in [2.05, 4.69) is 24.3 Å². The first-order valence-electron chi connectivity index (χ1n) is 6.73. The van der Waals surface area contributed by atoms with Crippen molar-refractivity contribution in [2.75, 3.05) is 5.75 Å². The second-order valence-electron chi connectivity index (χ2n) is 4.70. The number of nitrogens with zero attached hydrogens (tertiary/aromatic N) is 2. The molecule has 0 amide bonds. The van der Waals surface area contributed by atoms with Gasteiger partial charge in [-0.05, 0) is 36.8 Å². The van der Waals surface area contributed by atoms with Crippen LogP contribution >= 0.6 is 10.5 Å². The van der Waals surface area contributed by atoms with E-state index < -0.39 is 10.5 Å². The molecule has 104 valence electrons. The molecule has 0 aliphatic carbocycles. The highest BCUT2D eigenvalue weighted by atomic mass is 32.2. The third-order valence-electron chi connectivity index (χ3n) is 3.19. The number of rotatable bonds is 4. The maximum Gasteiger partial charge on any atom is 0.157 e. The minimum atomic E-state index is -0.440. The Morgan fingerprint density at radius 3 is 2.14 bits per heavy atom. The van der Waals surface area contributed by atoms with Gasteiger partial charge in [0.05, 0.1) is 0 Å². The Morgan fingerprint density at radius 2 is 1.57 bits per heavy atom. The highest BCUT2D eigenvalue weighted by Crippen LogP contribution is 2.29. The van der Waals surface area contributed by atoms with Crippen molar-refractivity contribution in [3.63, 3.8) is 0 Å². The lowest BCUT2D eigenvalue weighted by atomic mass is 10.2. The van der Waals surface area contributed by atoms with Crippen LogP contribution < -0.4 is 0 Å². The fourth-order valence-electron chi connectivity index (χ4n) is 2.04. The Hall–Kier alpha value is -2.36. The number of nitriles is 2. The Labute approximate surface area is 128 Å². The Balaban J connectivity index is 2.31. The van der Waals surface area contributed by atoms with Gasteiger partial charge in [0.1, 0.15) is 12.1 Å². The fraction of sp³-hybridized carbons (Fsp3) is 0.167. The van der Waals surface area contributed by atoms with Crippen LogP contribution in [0.4, 0.5) is 0 Å². The van der Waals surface area contributed by atoms with E-state index in [9.17, 15) is 10.5 Å². The summed E-state index contributed by atoms with van der Waals surface area (Å²) in [5.74, 6) is 0.795. The molecule has 0 fully saturated rings. The van der Waals surface area contributed by atoms with Crippen molar-refractivity contribution < 1.29 is 0 Å². The van der Waals surface area contributed by atoms with Crippen molar-refractivity contribution in [2.24, 2.45) is 0 Å². The van der Waals surface area contributed by atoms with Gasteiger partial charge >= 0.3 is 0 Å². The smallest absolute Gasteiger partial charge is 0.157 e. The third kappa shape index (κ3) is 4.05. The first kappa shape index (κ1) is 15.0. The van der Waals surface area contributed by atoms with Crippen LogP contribution in [0.5, 0.6) is 0 Å². The standard InChI is InChI=1S/C18H16N2S/c1-15-7-9-17(10-8-15)21(18(13-19)14-20)12-11-16-5-3-2-4-6-16/h2-10H,11-12H2,1H3. The molecule has 0 spiro atoms. The lowest BCUT2D eigenvalue weighted by molar-refractivity contribution is 1.15. The summed E-state index contributed by atoms with van der Waals surface area (Å²) in [7, 11) is -0.440. The minimum absolute atomic E-state index is 0.315. The number of hydrogen-bond acceptors (Lipinski definition) is 2. The Bertz CT molecular complexity index is 701. The first-order valence-corrected chi connectivity index (χ1v) is 8.12. The molecule has 0 bridgehead atoms. The summed E-state index contributed by atoms with van der Waals surface area (Å²) >= 11 is 0. The molecule has 0 N–H and O–H groups in total. The van der Waals surface area contributed by atoms with E-state index in [-0.39, 0.29) is 0 Å². The third-order valence-corrected chi connectivity index (χ3v) is 5.32. The van der Waals surface area contributed by atoms with E-state index in [0.717, 1.165) is 17.1 Å². The fourth-order valence-corrected chi connectivity index (χ4v) is 3.84. The van der Waals surface area contributed by atoms with Gasteiger partial charge in [-0.1, -0.05) is 48.0 Å². The maximum atomic E-state index is 9.21. The molecule has 1 unspecified atom stereocenters. The van der Waals surface area contributed by atoms with E-state index in [0.29, 0.717) is 4.86 Å². The largest absolute Gasteiger partial charge is 0.191 e. The maximum absolute atomic E-state index is 9.21. The molecule has 0 aliphatic rings. The zero-order chi connectivity index (χ0) is 15.1.